The molecule has 1 N–H and O–H groups in total. The van der Waals surface area contributed by atoms with E-state index in [9.17, 15) is 0 Å². The van der Waals surface area contributed by atoms with E-state index in [4.69, 9.17) is 4.74 Å². The Kier molecular flexibility index (Phi) is 5.24. The van der Waals surface area contributed by atoms with Crippen molar-refractivity contribution in [1.29, 1.82) is 0 Å². The molecule has 0 bridgehead atoms. The van der Waals surface area contributed by atoms with Crippen molar-refractivity contribution < 1.29 is 4.74 Å². The van der Waals surface area contributed by atoms with E-state index in [1.807, 2.05) is 30.3 Å². The Balaban J connectivity index is 1.77. The van der Waals surface area contributed by atoms with Crippen molar-refractivity contribution in [2.45, 2.75) is 19.5 Å². The van der Waals surface area contributed by atoms with Gasteiger partial charge in [-0.25, -0.2) is 0 Å². The molecule has 24 heavy (non-hydrogen) atoms. The van der Waals surface area contributed by atoms with Crippen LogP contribution in [0.3, 0.4) is 0 Å². The molecule has 1 atom stereocenters. The number of rotatable bonds is 6. The molecule has 3 rings (SSSR count). The molecule has 0 saturated carbocycles. The Labute approximate surface area is 143 Å². The fourth-order valence-electron chi connectivity index (χ4n) is 2.72. The number of pyridine rings is 1. The van der Waals surface area contributed by atoms with E-state index < -0.39 is 0 Å². The van der Waals surface area contributed by atoms with Crippen LogP contribution in [-0.4, -0.2) is 12.1 Å². The van der Waals surface area contributed by atoms with Crippen LogP contribution in [0, 0.1) is 0 Å². The normalized spacial score (nSPS) is 11.9. The van der Waals surface area contributed by atoms with Gasteiger partial charge in [0.2, 0.25) is 0 Å². The van der Waals surface area contributed by atoms with Gasteiger partial charge in [0.1, 0.15) is 5.75 Å². The molecule has 3 aromatic rings. The summed E-state index contributed by atoms with van der Waals surface area (Å²) in [7, 11) is 1.69. The van der Waals surface area contributed by atoms with Crippen LogP contribution in [0.5, 0.6) is 5.75 Å². The van der Waals surface area contributed by atoms with E-state index in [-0.39, 0.29) is 0 Å². The SMILES string of the molecule is COc1ccc(CN[C@H](C)c2ccccc2)cc1-c1ccccn1. The first kappa shape index (κ1) is 16.2. The predicted molar refractivity (Wildman–Crippen MR) is 97.9 cm³/mol. The highest BCUT2D eigenvalue weighted by Crippen LogP contribution is 2.29. The number of aromatic nitrogens is 1. The Bertz CT molecular complexity index is 772. The average Bonchev–Trinajstić information content (AvgIpc) is 2.67. The molecular formula is C21H22N2O. The molecule has 0 radical (unpaired) electrons. The van der Waals surface area contributed by atoms with Crippen LogP contribution in [0.2, 0.25) is 0 Å². The molecule has 0 fully saturated rings. The van der Waals surface area contributed by atoms with Gasteiger partial charge in [-0.1, -0.05) is 42.5 Å². The van der Waals surface area contributed by atoms with Gasteiger partial charge in [0.05, 0.1) is 12.8 Å². The summed E-state index contributed by atoms with van der Waals surface area (Å²) in [5.41, 5.74) is 4.44. The van der Waals surface area contributed by atoms with Crippen LogP contribution in [0.25, 0.3) is 11.3 Å². The molecule has 0 aliphatic rings. The highest BCUT2D eigenvalue weighted by Gasteiger charge is 2.09. The van der Waals surface area contributed by atoms with Crippen molar-refractivity contribution in [3.8, 4) is 17.0 Å². The summed E-state index contributed by atoms with van der Waals surface area (Å²) in [6, 6.07) is 22.9. The molecule has 3 heteroatoms. The monoisotopic (exact) mass is 318 g/mol. The molecule has 3 nitrogen and oxygen atoms in total. The molecule has 0 aliphatic heterocycles. The summed E-state index contributed by atoms with van der Waals surface area (Å²) in [6.45, 7) is 2.97. The first-order chi connectivity index (χ1) is 11.8. The Morgan fingerprint density at radius 1 is 1.00 bits per heavy atom. The van der Waals surface area contributed by atoms with Gasteiger partial charge in [0.25, 0.3) is 0 Å². The molecule has 0 amide bonds. The van der Waals surface area contributed by atoms with E-state index in [0.717, 1.165) is 23.6 Å². The van der Waals surface area contributed by atoms with E-state index >= 15 is 0 Å². The van der Waals surface area contributed by atoms with Crippen LogP contribution in [0.15, 0.2) is 72.9 Å². The second-order valence-electron chi connectivity index (χ2n) is 5.76. The summed E-state index contributed by atoms with van der Waals surface area (Å²) in [5.74, 6) is 0.841. The third-order valence-electron chi connectivity index (χ3n) is 4.12. The Morgan fingerprint density at radius 3 is 2.50 bits per heavy atom. The van der Waals surface area contributed by atoms with Crippen molar-refractivity contribution in [1.82, 2.24) is 10.3 Å². The van der Waals surface area contributed by atoms with Gasteiger partial charge in [-0.2, -0.15) is 0 Å². The number of hydrogen-bond donors (Lipinski definition) is 1. The lowest BCUT2D eigenvalue weighted by Gasteiger charge is -2.15. The zero-order chi connectivity index (χ0) is 16.8. The lowest BCUT2D eigenvalue weighted by Crippen LogP contribution is -2.18. The third-order valence-corrected chi connectivity index (χ3v) is 4.12. The summed E-state index contributed by atoms with van der Waals surface area (Å²) < 4.78 is 5.49. The number of hydrogen-bond acceptors (Lipinski definition) is 3. The average molecular weight is 318 g/mol. The van der Waals surface area contributed by atoms with Crippen LogP contribution in [-0.2, 0) is 6.54 Å². The van der Waals surface area contributed by atoms with E-state index in [1.54, 1.807) is 13.3 Å². The summed E-state index contributed by atoms with van der Waals surface area (Å²) >= 11 is 0. The van der Waals surface area contributed by atoms with Gasteiger partial charge >= 0.3 is 0 Å². The highest BCUT2D eigenvalue weighted by atomic mass is 16.5. The number of ether oxygens (including phenoxy) is 1. The topological polar surface area (TPSA) is 34.1 Å². The van der Waals surface area contributed by atoms with Gasteiger partial charge < -0.3 is 10.1 Å². The molecule has 0 unspecified atom stereocenters. The molecule has 2 aromatic carbocycles. The van der Waals surface area contributed by atoms with Crippen molar-refractivity contribution in [2.75, 3.05) is 7.11 Å². The maximum absolute atomic E-state index is 5.49. The van der Waals surface area contributed by atoms with Crippen LogP contribution in [0.4, 0.5) is 0 Å². The van der Waals surface area contributed by atoms with E-state index in [0.29, 0.717) is 6.04 Å². The molecule has 0 aliphatic carbocycles. The minimum Gasteiger partial charge on any atom is -0.496 e. The smallest absolute Gasteiger partial charge is 0.128 e. The van der Waals surface area contributed by atoms with Crippen LogP contribution < -0.4 is 10.1 Å². The van der Waals surface area contributed by atoms with Gasteiger partial charge in [-0.3, -0.25) is 4.98 Å². The largest absolute Gasteiger partial charge is 0.496 e. The zero-order valence-corrected chi connectivity index (χ0v) is 14.1. The molecule has 1 aromatic heterocycles. The summed E-state index contributed by atoms with van der Waals surface area (Å²) in [4.78, 5) is 4.44. The van der Waals surface area contributed by atoms with Crippen molar-refractivity contribution in [3.05, 3.63) is 84.1 Å². The zero-order valence-electron chi connectivity index (χ0n) is 14.1. The minimum atomic E-state index is 0.298. The first-order valence-electron chi connectivity index (χ1n) is 8.14. The van der Waals surface area contributed by atoms with Gasteiger partial charge in [0.15, 0.2) is 0 Å². The highest BCUT2D eigenvalue weighted by molar-refractivity contribution is 5.67. The Morgan fingerprint density at radius 2 is 1.79 bits per heavy atom. The van der Waals surface area contributed by atoms with Gasteiger partial charge in [-0.15, -0.1) is 0 Å². The van der Waals surface area contributed by atoms with E-state index in [2.05, 4.69) is 53.6 Å². The molecule has 0 saturated heterocycles. The lowest BCUT2D eigenvalue weighted by atomic mass is 10.0. The number of nitrogens with one attached hydrogen (secondary N) is 1. The fraction of sp³-hybridized carbons (Fsp3) is 0.190. The summed E-state index contributed by atoms with van der Waals surface area (Å²) in [5, 5.41) is 3.57. The number of methoxy groups -OCH3 is 1. The van der Waals surface area contributed by atoms with Gasteiger partial charge in [-0.05, 0) is 42.3 Å². The predicted octanol–water partition coefficient (Wildman–Crippen LogP) is 4.61. The van der Waals surface area contributed by atoms with Gasteiger partial charge in [0, 0.05) is 24.3 Å². The molecular weight excluding hydrogens is 296 g/mol. The number of benzene rings is 2. The summed E-state index contributed by atoms with van der Waals surface area (Å²) in [6.07, 6.45) is 1.80. The van der Waals surface area contributed by atoms with Crippen molar-refractivity contribution in [3.63, 3.8) is 0 Å². The third kappa shape index (κ3) is 3.81. The molecule has 122 valence electrons. The second kappa shape index (κ2) is 7.75. The number of nitrogens with zero attached hydrogens (tertiary/aromatic N) is 1. The quantitative estimate of drug-likeness (QED) is 0.721. The molecule has 0 spiro atoms. The maximum atomic E-state index is 5.49. The minimum absolute atomic E-state index is 0.298. The maximum Gasteiger partial charge on any atom is 0.128 e. The van der Waals surface area contributed by atoms with Crippen molar-refractivity contribution >= 4 is 0 Å². The first-order valence-corrected chi connectivity index (χ1v) is 8.14. The lowest BCUT2D eigenvalue weighted by molar-refractivity contribution is 0.416. The Hall–Kier alpha value is -2.65. The molecule has 1 heterocycles. The fourth-order valence-corrected chi connectivity index (χ4v) is 2.72. The second-order valence-corrected chi connectivity index (χ2v) is 5.76. The van der Waals surface area contributed by atoms with E-state index in [1.165, 1.54) is 11.1 Å². The van der Waals surface area contributed by atoms with Crippen molar-refractivity contribution in [2.24, 2.45) is 0 Å². The van der Waals surface area contributed by atoms with Crippen LogP contribution in [0.1, 0.15) is 24.1 Å². The van der Waals surface area contributed by atoms with Crippen LogP contribution >= 0.6 is 0 Å². The standard InChI is InChI=1S/C21H22N2O/c1-16(18-8-4-3-5-9-18)23-15-17-11-12-21(24-2)19(14-17)20-10-6-7-13-22-20/h3-14,16,23H,15H2,1-2H3/t16-/m1/s1.